The molecule has 2 atom stereocenters. The van der Waals surface area contributed by atoms with Crippen molar-refractivity contribution in [1.82, 2.24) is 10.2 Å². The Morgan fingerprint density at radius 2 is 2.00 bits per heavy atom. The van der Waals surface area contributed by atoms with Crippen molar-refractivity contribution in [3.63, 3.8) is 0 Å². The van der Waals surface area contributed by atoms with Crippen molar-refractivity contribution in [2.75, 3.05) is 19.4 Å². The van der Waals surface area contributed by atoms with Gasteiger partial charge in [0.25, 0.3) is 0 Å². The number of hydrogen-bond acceptors (Lipinski definition) is 4. The van der Waals surface area contributed by atoms with Crippen molar-refractivity contribution in [3.8, 4) is 5.75 Å². The van der Waals surface area contributed by atoms with Crippen molar-refractivity contribution in [2.45, 2.75) is 32.2 Å². The fourth-order valence-electron chi connectivity index (χ4n) is 2.46. The van der Waals surface area contributed by atoms with Crippen LogP contribution in [0.4, 0.5) is 0 Å². The Hall–Kier alpha value is -1.69. The molecule has 0 bridgehead atoms. The zero-order valence-corrected chi connectivity index (χ0v) is 14.9. The van der Waals surface area contributed by atoms with Crippen molar-refractivity contribution < 1.29 is 14.3 Å². The van der Waals surface area contributed by atoms with Gasteiger partial charge in [-0.15, -0.1) is 11.8 Å². The lowest BCUT2D eigenvalue weighted by atomic mass is 10.1. The summed E-state index contributed by atoms with van der Waals surface area (Å²) in [5, 5.41) is 2.78. The smallest absolute Gasteiger partial charge is 0.242 e. The molecule has 0 aromatic heterocycles. The van der Waals surface area contributed by atoms with E-state index in [0.29, 0.717) is 18.2 Å². The highest BCUT2D eigenvalue weighted by atomic mass is 32.2. The molecule has 1 aromatic carbocycles. The van der Waals surface area contributed by atoms with Gasteiger partial charge >= 0.3 is 0 Å². The summed E-state index contributed by atoms with van der Waals surface area (Å²) in [6, 6.07) is 7.16. The van der Waals surface area contributed by atoms with Crippen LogP contribution < -0.4 is 10.1 Å². The Balaban J connectivity index is 2.13. The highest BCUT2D eigenvalue weighted by molar-refractivity contribution is 8.00. The molecule has 126 valence electrons. The van der Waals surface area contributed by atoms with Gasteiger partial charge in [0.05, 0.1) is 12.9 Å². The molecule has 1 N–H and O–H groups in total. The van der Waals surface area contributed by atoms with E-state index in [-0.39, 0.29) is 17.2 Å². The van der Waals surface area contributed by atoms with E-state index in [0.717, 1.165) is 11.3 Å². The van der Waals surface area contributed by atoms with Gasteiger partial charge in [0.15, 0.2) is 0 Å². The molecule has 1 heterocycles. The van der Waals surface area contributed by atoms with Gasteiger partial charge in [0.1, 0.15) is 17.2 Å². The molecule has 2 amide bonds. The molecule has 23 heavy (non-hydrogen) atoms. The Kier molecular flexibility index (Phi) is 5.93. The maximum absolute atomic E-state index is 12.3. The molecule has 6 heteroatoms. The van der Waals surface area contributed by atoms with E-state index >= 15 is 0 Å². The second kappa shape index (κ2) is 7.73. The average molecular weight is 336 g/mol. The Labute approximate surface area is 141 Å². The molecule has 1 aliphatic rings. The molecule has 0 unspecified atom stereocenters. The van der Waals surface area contributed by atoms with Crippen LogP contribution in [0.15, 0.2) is 24.3 Å². The van der Waals surface area contributed by atoms with Crippen molar-refractivity contribution in [2.24, 2.45) is 5.92 Å². The predicted octanol–water partition coefficient (Wildman–Crippen LogP) is 2.43. The van der Waals surface area contributed by atoms with Crippen molar-refractivity contribution in [3.05, 3.63) is 29.8 Å². The number of rotatable bonds is 6. The number of nitrogens with one attached hydrogen (secondary N) is 1. The Morgan fingerprint density at radius 1 is 1.35 bits per heavy atom. The van der Waals surface area contributed by atoms with Gasteiger partial charge in [-0.2, -0.15) is 0 Å². The first kappa shape index (κ1) is 17.7. The summed E-state index contributed by atoms with van der Waals surface area (Å²) < 4.78 is 5.17. The molecule has 0 spiro atoms. The van der Waals surface area contributed by atoms with E-state index in [4.69, 9.17) is 4.74 Å². The molecular weight excluding hydrogens is 312 g/mol. The first-order valence-electron chi connectivity index (χ1n) is 7.78. The monoisotopic (exact) mass is 336 g/mol. The molecule has 5 nitrogen and oxygen atoms in total. The summed E-state index contributed by atoms with van der Waals surface area (Å²) in [5.41, 5.74) is 1.00. The summed E-state index contributed by atoms with van der Waals surface area (Å²) in [5.74, 6) is 1.46. The predicted molar refractivity (Wildman–Crippen MR) is 92.3 cm³/mol. The topological polar surface area (TPSA) is 58.6 Å². The van der Waals surface area contributed by atoms with E-state index in [1.54, 1.807) is 30.7 Å². The van der Waals surface area contributed by atoms with Crippen LogP contribution in [0.25, 0.3) is 0 Å². The van der Waals surface area contributed by atoms with Gasteiger partial charge < -0.3 is 15.0 Å². The number of thioether (sulfide) groups is 1. The van der Waals surface area contributed by atoms with Crippen LogP contribution in [0.5, 0.6) is 5.75 Å². The molecule has 0 saturated carbocycles. The van der Waals surface area contributed by atoms with E-state index in [2.05, 4.69) is 5.32 Å². The minimum Gasteiger partial charge on any atom is -0.497 e. The lowest BCUT2D eigenvalue weighted by Crippen LogP contribution is -2.47. The van der Waals surface area contributed by atoms with Crippen LogP contribution in [0.1, 0.15) is 31.7 Å². The number of nitrogens with zero attached hydrogens (tertiary/aromatic N) is 1. The summed E-state index contributed by atoms with van der Waals surface area (Å²) >= 11 is 1.55. The molecular formula is C17H24N2O3S. The fourth-order valence-corrected chi connectivity index (χ4v) is 3.72. The SMILES string of the molecule is COc1ccc([C@@H]2SCC(=O)N2[C@@H](C)C(=O)NCC(C)C)cc1. The second-order valence-corrected chi connectivity index (χ2v) is 7.12. The largest absolute Gasteiger partial charge is 0.497 e. The van der Waals surface area contributed by atoms with E-state index in [1.807, 2.05) is 38.1 Å². The quantitative estimate of drug-likeness (QED) is 0.867. The minimum atomic E-state index is -0.483. The number of ether oxygens (including phenoxy) is 1. The zero-order valence-electron chi connectivity index (χ0n) is 14.0. The summed E-state index contributed by atoms with van der Waals surface area (Å²) in [4.78, 5) is 26.3. The van der Waals surface area contributed by atoms with E-state index in [9.17, 15) is 9.59 Å². The number of carbonyl (C=O) groups is 2. The summed E-state index contributed by atoms with van der Waals surface area (Å²) in [6.07, 6.45) is 0. The number of amides is 2. The van der Waals surface area contributed by atoms with Gasteiger partial charge in [-0.3, -0.25) is 9.59 Å². The van der Waals surface area contributed by atoms with E-state index < -0.39 is 6.04 Å². The van der Waals surface area contributed by atoms with Gasteiger partial charge in [-0.1, -0.05) is 26.0 Å². The van der Waals surface area contributed by atoms with Gasteiger partial charge in [-0.05, 0) is 30.5 Å². The average Bonchev–Trinajstić information content (AvgIpc) is 2.93. The number of carbonyl (C=O) groups excluding carboxylic acids is 2. The zero-order chi connectivity index (χ0) is 17.0. The third kappa shape index (κ3) is 4.19. The van der Waals surface area contributed by atoms with Crippen LogP contribution in [-0.4, -0.2) is 42.2 Å². The fraction of sp³-hybridized carbons (Fsp3) is 0.529. The standard InChI is InChI=1S/C17H24N2O3S/c1-11(2)9-18-16(21)12(3)19-15(20)10-23-17(19)13-5-7-14(22-4)8-6-13/h5-8,11-12,17H,9-10H2,1-4H3,(H,18,21)/t12-,17-/m0/s1. The van der Waals surface area contributed by atoms with Crippen LogP contribution in [0, 0.1) is 5.92 Å². The highest BCUT2D eigenvalue weighted by Crippen LogP contribution is 2.40. The third-order valence-corrected chi connectivity index (χ3v) is 5.02. The van der Waals surface area contributed by atoms with Crippen molar-refractivity contribution in [1.29, 1.82) is 0 Å². The van der Waals surface area contributed by atoms with Gasteiger partial charge in [0, 0.05) is 6.54 Å². The highest BCUT2D eigenvalue weighted by Gasteiger charge is 2.38. The van der Waals surface area contributed by atoms with Gasteiger partial charge in [0.2, 0.25) is 11.8 Å². The molecule has 0 aliphatic carbocycles. The van der Waals surface area contributed by atoms with Crippen LogP contribution in [0.2, 0.25) is 0 Å². The second-order valence-electron chi connectivity index (χ2n) is 6.05. The lowest BCUT2D eigenvalue weighted by molar-refractivity contribution is -0.137. The van der Waals surface area contributed by atoms with Crippen LogP contribution in [-0.2, 0) is 9.59 Å². The molecule has 0 radical (unpaired) electrons. The number of methoxy groups -OCH3 is 1. The lowest BCUT2D eigenvalue weighted by Gasteiger charge is -2.29. The maximum Gasteiger partial charge on any atom is 0.242 e. The minimum absolute atomic E-state index is 0.00279. The molecule has 2 rings (SSSR count). The Morgan fingerprint density at radius 3 is 2.57 bits per heavy atom. The van der Waals surface area contributed by atoms with E-state index in [1.165, 1.54) is 0 Å². The normalized spacial score (nSPS) is 19.1. The summed E-state index contributed by atoms with van der Waals surface area (Å²) in [6.45, 7) is 6.49. The summed E-state index contributed by atoms with van der Waals surface area (Å²) in [7, 11) is 1.62. The molecule has 1 fully saturated rings. The number of benzene rings is 1. The van der Waals surface area contributed by atoms with Crippen LogP contribution >= 0.6 is 11.8 Å². The molecule has 1 saturated heterocycles. The van der Waals surface area contributed by atoms with Crippen LogP contribution in [0.3, 0.4) is 0 Å². The van der Waals surface area contributed by atoms with Crippen molar-refractivity contribution >= 4 is 23.6 Å². The third-order valence-electron chi connectivity index (χ3n) is 3.79. The van der Waals surface area contributed by atoms with Gasteiger partial charge in [-0.25, -0.2) is 0 Å². The maximum atomic E-state index is 12.3. The molecule has 1 aromatic rings. The molecule has 1 aliphatic heterocycles. The first-order valence-corrected chi connectivity index (χ1v) is 8.83. The number of hydrogen-bond donors (Lipinski definition) is 1. The Bertz CT molecular complexity index is 559. The first-order chi connectivity index (χ1) is 10.9.